The Hall–Kier alpha value is -4.00. The summed E-state index contributed by atoms with van der Waals surface area (Å²) in [5, 5.41) is 2.55. The van der Waals surface area contributed by atoms with Crippen LogP contribution >= 0.6 is 11.6 Å². The standard InChI is InChI=1S/C24H20ClN5O5S2/c1-16-3-6-19(7-4-16)29-37(34,35)22-15-17(5-12-21(22)25)23(31)28-18-8-10-20(11-9-18)36(32,33)30-24-26-13-2-14-27-24/h2-15,29H,1H3,(H,28,31)(H,26,27,30). The molecule has 1 amide bonds. The second-order valence-electron chi connectivity index (χ2n) is 7.77. The molecule has 37 heavy (non-hydrogen) atoms. The normalized spacial score (nSPS) is 11.5. The number of halogens is 1. The van der Waals surface area contributed by atoms with E-state index in [0.29, 0.717) is 5.69 Å². The smallest absolute Gasteiger partial charge is 0.264 e. The van der Waals surface area contributed by atoms with Crippen molar-refractivity contribution in [2.24, 2.45) is 0 Å². The van der Waals surface area contributed by atoms with Crippen LogP contribution in [0.5, 0.6) is 0 Å². The fraction of sp³-hybridized carbons (Fsp3) is 0.0417. The molecule has 190 valence electrons. The van der Waals surface area contributed by atoms with Crippen molar-refractivity contribution < 1.29 is 21.6 Å². The summed E-state index contributed by atoms with van der Waals surface area (Å²) in [6.45, 7) is 1.88. The highest BCUT2D eigenvalue weighted by atomic mass is 35.5. The molecule has 4 aromatic rings. The zero-order chi connectivity index (χ0) is 26.6. The predicted octanol–water partition coefficient (Wildman–Crippen LogP) is 4.29. The number of amides is 1. The lowest BCUT2D eigenvalue weighted by molar-refractivity contribution is 0.102. The van der Waals surface area contributed by atoms with Crippen molar-refractivity contribution in [3.8, 4) is 0 Å². The molecular weight excluding hydrogens is 538 g/mol. The van der Waals surface area contributed by atoms with Crippen molar-refractivity contribution in [3.05, 3.63) is 101 Å². The number of sulfonamides is 2. The van der Waals surface area contributed by atoms with Gasteiger partial charge in [-0.1, -0.05) is 29.3 Å². The van der Waals surface area contributed by atoms with Crippen molar-refractivity contribution in [3.63, 3.8) is 0 Å². The van der Waals surface area contributed by atoms with Gasteiger partial charge in [-0.15, -0.1) is 0 Å². The molecule has 4 rings (SSSR count). The first-order valence-electron chi connectivity index (χ1n) is 10.6. The molecule has 0 bridgehead atoms. The van der Waals surface area contributed by atoms with E-state index in [9.17, 15) is 21.6 Å². The molecule has 3 aromatic carbocycles. The van der Waals surface area contributed by atoms with Crippen molar-refractivity contribution in [1.29, 1.82) is 0 Å². The van der Waals surface area contributed by atoms with Gasteiger partial charge in [0.25, 0.3) is 26.0 Å². The number of aryl methyl sites for hydroxylation is 1. The highest BCUT2D eigenvalue weighted by molar-refractivity contribution is 7.93. The number of nitrogens with zero attached hydrogens (tertiary/aromatic N) is 2. The van der Waals surface area contributed by atoms with Gasteiger partial charge < -0.3 is 5.32 Å². The summed E-state index contributed by atoms with van der Waals surface area (Å²) in [5.41, 5.74) is 1.64. The van der Waals surface area contributed by atoms with E-state index in [-0.39, 0.29) is 32.0 Å². The summed E-state index contributed by atoms with van der Waals surface area (Å²) < 4.78 is 55.5. The Bertz CT molecular complexity index is 1650. The lowest BCUT2D eigenvalue weighted by atomic mass is 10.2. The van der Waals surface area contributed by atoms with Gasteiger partial charge in [0, 0.05) is 29.3 Å². The number of rotatable bonds is 8. The van der Waals surface area contributed by atoms with Gasteiger partial charge in [-0.05, 0) is 67.6 Å². The third-order valence-electron chi connectivity index (χ3n) is 5.00. The monoisotopic (exact) mass is 557 g/mol. The Morgan fingerprint density at radius 2 is 1.41 bits per heavy atom. The van der Waals surface area contributed by atoms with Gasteiger partial charge >= 0.3 is 0 Å². The van der Waals surface area contributed by atoms with E-state index in [0.717, 1.165) is 11.6 Å². The molecule has 1 aromatic heterocycles. The van der Waals surface area contributed by atoms with Gasteiger partial charge in [0.2, 0.25) is 5.95 Å². The molecule has 0 unspecified atom stereocenters. The number of carbonyl (C=O) groups excluding carboxylic acids is 1. The summed E-state index contributed by atoms with van der Waals surface area (Å²) in [5.74, 6) is -0.694. The summed E-state index contributed by atoms with van der Waals surface area (Å²) in [6, 6.07) is 17.5. The number of nitrogens with one attached hydrogen (secondary N) is 3. The lowest BCUT2D eigenvalue weighted by Gasteiger charge is -2.12. The highest BCUT2D eigenvalue weighted by Crippen LogP contribution is 2.26. The first-order chi connectivity index (χ1) is 17.5. The minimum Gasteiger partial charge on any atom is -0.322 e. The minimum atomic E-state index is -4.08. The maximum absolute atomic E-state index is 12.9. The van der Waals surface area contributed by atoms with E-state index in [4.69, 9.17) is 11.6 Å². The Labute approximate surface area is 218 Å². The van der Waals surface area contributed by atoms with E-state index in [2.05, 4.69) is 24.7 Å². The Morgan fingerprint density at radius 1 is 0.784 bits per heavy atom. The van der Waals surface area contributed by atoms with Crippen LogP contribution in [0.25, 0.3) is 0 Å². The SMILES string of the molecule is Cc1ccc(NS(=O)(=O)c2cc(C(=O)Nc3ccc(S(=O)(=O)Nc4ncccn4)cc3)ccc2Cl)cc1. The molecule has 0 fully saturated rings. The summed E-state index contributed by atoms with van der Waals surface area (Å²) in [7, 11) is -8.02. The van der Waals surface area contributed by atoms with Crippen LogP contribution in [0.2, 0.25) is 5.02 Å². The molecule has 10 nitrogen and oxygen atoms in total. The maximum atomic E-state index is 12.9. The second kappa shape index (κ2) is 10.5. The zero-order valence-electron chi connectivity index (χ0n) is 19.2. The third-order valence-corrected chi connectivity index (χ3v) is 8.21. The first-order valence-corrected chi connectivity index (χ1v) is 14.0. The van der Waals surface area contributed by atoms with Gasteiger partial charge in [-0.2, -0.15) is 0 Å². The zero-order valence-corrected chi connectivity index (χ0v) is 21.6. The van der Waals surface area contributed by atoms with Crippen molar-refractivity contribution in [2.75, 3.05) is 14.8 Å². The maximum Gasteiger partial charge on any atom is 0.264 e. The van der Waals surface area contributed by atoms with Crippen molar-refractivity contribution >= 4 is 54.9 Å². The van der Waals surface area contributed by atoms with Gasteiger partial charge in [0.1, 0.15) is 4.90 Å². The third kappa shape index (κ3) is 6.42. The van der Waals surface area contributed by atoms with Gasteiger partial charge in [-0.25, -0.2) is 31.5 Å². The van der Waals surface area contributed by atoms with Crippen LogP contribution < -0.4 is 14.8 Å². The van der Waals surface area contributed by atoms with Crippen LogP contribution in [-0.4, -0.2) is 32.7 Å². The van der Waals surface area contributed by atoms with Crippen LogP contribution in [0.4, 0.5) is 17.3 Å². The molecule has 0 aliphatic carbocycles. The fourth-order valence-electron chi connectivity index (χ4n) is 3.13. The highest BCUT2D eigenvalue weighted by Gasteiger charge is 2.21. The predicted molar refractivity (Wildman–Crippen MR) is 141 cm³/mol. The molecule has 0 atom stereocenters. The number of benzene rings is 3. The number of hydrogen-bond donors (Lipinski definition) is 3. The molecule has 0 radical (unpaired) electrons. The Kier molecular flexibility index (Phi) is 7.43. The van der Waals surface area contributed by atoms with E-state index >= 15 is 0 Å². The van der Waals surface area contributed by atoms with E-state index in [1.54, 1.807) is 30.3 Å². The summed E-state index contributed by atoms with van der Waals surface area (Å²) >= 11 is 6.13. The molecule has 0 aliphatic rings. The van der Waals surface area contributed by atoms with Gasteiger partial charge in [-0.3, -0.25) is 9.52 Å². The quantitative estimate of drug-likeness (QED) is 0.293. The van der Waals surface area contributed by atoms with Gasteiger partial charge in [0.15, 0.2) is 0 Å². The van der Waals surface area contributed by atoms with E-state index < -0.39 is 26.0 Å². The van der Waals surface area contributed by atoms with Crippen LogP contribution in [0.3, 0.4) is 0 Å². The first kappa shape index (κ1) is 26.1. The van der Waals surface area contributed by atoms with E-state index in [1.807, 2.05) is 6.92 Å². The number of aromatic nitrogens is 2. The molecule has 0 saturated carbocycles. The Morgan fingerprint density at radius 3 is 2.05 bits per heavy atom. The number of carbonyl (C=O) groups is 1. The minimum absolute atomic E-state index is 0.0354. The van der Waals surface area contributed by atoms with Crippen molar-refractivity contribution in [1.82, 2.24) is 9.97 Å². The van der Waals surface area contributed by atoms with Crippen LogP contribution in [0.15, 0.2) is 95.0 Å². The average Bonchev–Trinajstić information content (AvgIpc) is 2.86. The summed E-state index contributed by atoms with van der Waals surface area (Å²) in [6.07, 6.45) is 2.80. The average molecular weight is 558 g/mol. The van der Waals surface area contributed by atoms with E-state index in [1.165, 1.54) is 48.8 Å². The molecular formula is C24H20ClN5O5S2. The van der Waals surface area contributed by atoms with Gasteiger partial charge in [0.05, 0.1) is 9.92 Å². The Balaban J connectivity index is 1.49. The largest absolute Gasteiger partial charge is 0.322 e. The molecule has 1 heterocycles. The molecule has 0 saturated heterocycles. The second-order valence-corrected chi connectivity index (χ2v) is 11.5. The summed E-state index contributed by atoms with van der Waals surface area (Å²) in [4.78, 5) is 20.1. The van der Waals surface area contributed by atoms with Crippen molar-refractivity contribution in [2.45, 2.75) is 16.7 Å². The van der Waals surface area contributed by atoms with Crippen LogP contribution in [-0.2, 0) is 20.0 Å². The van der Waals surface area contributed by atoms with Crippen LogP contribution in [0, 0.1) is 6.92 Å². The van der Waals surface area contributed by atoms with Crippen LogP contribution in [0.1, 0.15) is 15.9 Å². The lowest BCUT2D eigenvalue weighted by Crippen LogP contribution is -2.17. The number of anilines is 3. The molecule has 13 heteroatoms. The number of hydrogen-bond acceptors (Lipinski definition) is 7. The molecule has 0 aliphatic heterocycles. The molecule has 3 N–H and O–H groups in total. The fourth-order valence-corrected chi connectivity index (χ4v) is 5.68. The topological polar surface area (TPSA) is 147 Å². The molecule has 0 spiro atoms.